The van der Waals surface area contributed by atoms with Gasteiger partial charge in [0.2, 0.25) is 0 Å². The molecule has 6 aromatic rings. The van der Waals surface area contributed by atoms with Crippen LogP contribution in [-0.4, -0.2) is 76.7 Å². The van der Waals surface area contributed by atoms with Gasteiger partial charge in [-0.1, -0.05) is 630 Å². The highest BCUT2D eigenvalue weighted by atomic mass is 79.9. The zero-order valence-corrected chi connectivity index (χ0v) is 103. The van der Waals surface area contributed by atoms with Crippen LogP contribution in [0.2, 0.25) is 153 Å². The number of rotatable bonds is 66. The summed E-state index contributed by atoms with van der Waals surface area (Å²) in [4.78, 5) is 0. The average Bonchev–Trinajstić information content (AvgIpc) is 0.738. The van der Waals surface area contributed by atoms with Gasteiger partial charge in [-0.05, 0) is 92.7 Å². The molecule has 0 fully saturated rings. The summed E-state index contributed by atoms with van der Waals surface area (Å²) < 4.78 is 0. The first-order chi connectivity index (χ1) is 62.0. The summed E-state index contributed by atoms with van der Waals surface area (Å²) in [5.41, 5.74) is 23.6. The molecule has 748 valence electrons. The number of benzene rings is 6. The van der Waals surface area contributed by atoms with Crippen molar-refractivity contribution < 1.29 is 0 Å². The third-order valence-electron chi connectivity index (χ3n) is 32.8. The zero-order valence-electron chi connectivity index (χ0n) is 91.3. The van der Waals surface area contributed by atoms with E-state index in [1.54, 1.807) is 96.4 Å². The lowest BCUT2D eigenvalue weighted by Crippen LogP contribution is -2.46. The van der Waals surface area contributed by atoms with Gasteiger partial charge in [-0.15, -0.1) is 34.0 Å². The van der Waals surface area contributed by atoms with Crippen molar-refractivity contribution in [3.63, 3.8) is 0 Å². The molecule has 12 heteroatoms. The predicted molar refractivity (Wildman–Crippen MR) is 640 cm³/mol. The SMILES string of the molecule is Br.Br.CCCCCCCC[Si](C)(C)C1=CCC(c2ccc([Si](C)(C)CCCCCCCC)c3cc([Si](C)(C)CCCCCCCC)ccc23)c2ccc([Si](C)(C)C[C@H](N)CCCCCC)cc21.CCCCCCCC[Si](C)(C)C1=CCC(c2ccc([Si](C)(C)CCCCCCCC)c3cc([Si](C)(C)CCCCCCCC)ccc23)c2ccc([Si](C)(C)C[C@H](N)CCCCCC)cc21. The first-order valence-electron chi connectivity index (χ1n) is 56.4. The summed E-state index contributed by atoms with van der Waals surface area (Å²) in [5, 5.41) is 20.0. The van der Waals surface area contributed by atoms with Crippen molar-refractivity contribution in [2.75, 3.05) is 0 Å². The highest BCUT2D eigenvalue weighted by molar-refractivity contribution is 8.93. The Hall–Kier alpha value is -2.06. The standard InChI is InChI=1S/2C60H105NSi4.2BrH/c2*1-13-17-21-25-28-32-44-62(5,6)51-36-38-55-53(40-42-59(57(55)47-51)63(7,8)45-33-29-26-22-18-14-2)54-41-43-60(64(9,10)46-34-30-27-23-19-15-3)58-48-52(37-39-56(54)58)65(11,12)49-50(61)35-31-24-20-16-4;;/h2*36-40,42-43,47-48,50,54H,13-35,41,44-46,49,61H2,1-12H3;2*1H/t2*50-,54?;;/m11../s1. The van der Waals surface area contributed by atoms with Gasteiger partial charge in [-0.2, -0.15) is 0 Å². The van der Waals surface area contributed by atoms with E-state index < -0.39 is 64.6 Å². The van der Waals surface area contributed by atoms with Gasteiger partial charge in [0, 0.05) is 23.9 Å². The maximum atomic E-state index is 6.98. The molecule has 2 unspecified atom stereocenters. The van der Waals surface area contributed by atoms with Crippen LogP contribution < -0.4 is 42.6 Å². The molecule has 0 spiro atoms. The zero-order chi connectivity index (χ0) is 95.0. The molecular weight excluding hydrogens is 1850 g/mol. The summed E-state index contributed by atoms with van der Waals surface area (Å²) in [6.45, 7) is 61.4. The van der Waals surface area contributed by atoms with Crippen LogP contribution in [0.25, 0.3) is 31.9 Å². The first kappa shape index (κ1) is 120. The van der Waals surface area contributed by atoms with Crippen LogP contribution in [0.15, 0.2) is 109 Å². The molecule has 0 saturated carbocycles. The van der Waals surface area contributed by atoms with E-state index in [1.165, 1.54) is 344 Å². The highest BCUT2D eigenvalue weighted by Gasteiger charge is 2.40. The number of nitrogens with two attached hydrogens (primary N) is 2. The van der Waals surface area contributed by atoms with Crippen molar-refractivity contribution in [1.29, 1.82) is 0 Å². The molecule has 8 rings (SSSR count). The van der Waals surface area contributed by atoms with Crippen LogP contribution >= 0.6 is 34.0 Å². The van der Waals surface area contributed by atoms with E-state index in [4.69, 9.17) is 11.5 Å². The minimum absolute atomic E-state index is 0. The lowest BCUT2D eigenvalue weighted by atomic mass is 9.80. The maximum absolute atomic E-state index is 6.98. The molecule has 0 radical (unpaired) electrons. The molecule has 2 nitrogen and oxygen atoms in total. The second kappa shape index (κ2) is 61.0. The largest absolute Gasteiger partial charge is 0.328 e. The summed E-state index contributed by atoms with van der Waals surface area (Å²) >= 11 is 0. The Morgan fingerprint density at radius 3 is 0.742 bits per heavy atom. The number of allylic oxidation sites excluding steroid dienone is 2. The van der Waals surface area contributed by atoms with Crippen molar-refractivity contribution in [2.45, 2.75) is 541 Å². The molecule has 0 saturated heterocycles. The fourth-order valence-electron chi connectivity index (χ4n) is 23.5. The smallest absolute Gasteiger partial charge is 0.0821 e. The van der Waals surface area contributed by atoms with Gasteiger partial charge in [-0.25, -0.2) is 0 Å². The normalized spacial score (nSPS) is 15.2. The number of fused-ring (bicyclic) bond motifs is 4. The minimum atomic E-state index is -1.77. The molecule has 4 atom stereocenters. The second-order valence-corrected chi connectivity index (χ2v) is 86.6. The van der Waals surface area contributed by atoms with E-state index in [9.17, 15) is 0 Å². The molecule has 0 heterocycles. The number of halogens is 2. The molecule has 0 bridgehead atoms. The predicted octanol–water partition coefficient (Wildman–Crippen LogP) is 37.4. The van der Waals surface area contributed by atoms with Crippen LogP contribution in [0.4, 0.5) is 0 Å². The molecule has 4 N–H and O–H groups in total. The molecular formula is C120H212Br2N2Si8. The molecule has 6 aromatic carbocycles. The second-order valence-electron chi connectivity index (χ2n) is 48.1. The van der Waals surface area contributed by atoms with Crippen LogP contribution in [0, 0.1) is 0 Å². The van der Waals surface area contributed by atoms with E-state index in [-0.39, 0.29) is 34.0 Å². The van der Waals surface area contributed by atoms with Gasteiger partial charge in [0.25, 0.3) is 0 Å². The Kier molecular flexibility index (Phi) is 55.7. The lowest BCUT2D eigenvalue weighted by molar-refractivity contribution is 0.572. The number of unbranched alkanes of at least 4 members (excludes halogenated alkanes) is 36. The van der Waals surface area contributed by atoms with E-state index in [0.717, 1.165) is 12.8 Å². The van der Waals surface area contributed by atoms with Crippen LogP contribution in [0.1, 0.15) is 409 Å². The van der Waals surface area contributed by atoms with E-state index in [0.29, 0.717) is 23.9 Å². The Labute approximate surface area is 848 Å². The lowest BCUT2D eigenvalue weighted by Gasteiger charge is -2.36. The van der Waals surface area contributed by atoms with Gasteiger partial charge in [0.15, 0.2) is 0 Å². The van der Waals surface area contributed by atoms with Gasteiger partial charge in [0.05, 0.1) is 64.6 Å². The van der Waals surface area contributed by atoms with Crippen molar-refractivity contribution in [3.05, 3.63) is 143 Å². The Morgan fingerprint density at radius 1 is 0.235 bits per heavy atom. The summed E-state index contributed by atoms with van der Waals surface area (Å²) in [7, 11) is -13.5. The third kappa shape index (κ3) is 37.7. The Bertz CT molecular complexity index is 4030. The Morgan fingerprint density at radius 2 is 0.462 bits per heavy atom. The van der Waals surface area contributed by atoms with E-state index in [1.807, 2.05) is 0 Å². The number of hydrogen-bond donors (Lipinski definition) is 2. The fourth-order valence-corrected chi connectivity index (χ4v) is 46.0. The highest BCUT2D eigenvalue weighted by Crippen LogP contribution is 2.48. The molecule has 132 heavy (non-hydrogen) atoms. The van der Waals surface area contributed by atoms with Crippen LogP contribution in [0.5, 0.6) is 0 Å². The molecule has 0 amide bonds. The third-order valence-corrected chi connectivity index (χ3v) is 60.6. The fraction of sp³-hybridized carbons (Fsp3) is 0.700. The summed E-state index contributed by atoms with van der Waals surface area (Å²) in [6.07, 6.45) is 70.6. The molecule has 0 aromatic heterocycles. The number of hydrogen-bond acceptors (Lipinski definition) is 2. The Balaban J connectivity index is 0.000000460. The summed E-state index contributed by atoms with van der Waals surface area (Å²) in [5.74, 6) is 0.790. The van der Waals surface area contributed by atoms with Crippen molar-refractivity contribution in [1.82, 2.24) is 0 Å². The minimum Gasteiger partial charge on any atom is -0.328 e. The topological polar surface area (TPSA) is 52.0 Å². The van der Waals surface area contributed by atoms with Crippen molar-refractivity contribution >= 4 is 162 Å². The monoisotopic (exact) mass is 2060 g/mol. The van der Waals surface area contributed by atoms with Gasteiger partial charge < -0.3 is 11.5 Å². The molecule has 2 aliphatic carbocycles. The molecule has 0 aliphatic heterocycles. The van der Waals surface area contributed by atoms with Crippen LogP contribution in [-0.2, 0) is 0 Å². The van der Waals surface area contributed by atoms with Crippen LogP contribution in [0.3, 0.4) is 0 Å². The average molecular weight is 2070 g/mol. The van der Waals surface area contributed by atoms with Gasteiger partial charge in [-0.3, -0.25) is 0 Å². The maximum Gasteiger partial charge on any atom is 0.0821 e. The first-order valence-corrected chi connectivity index (χ1v) is 82.1. The van der Waals surface area contributed by atoms with Gasteiger partial charge in [0.1, 0.15) is 0 Å². The molecule has 2 aliphatic rings. The summed E-state index contributed by atoms with van der Waals surface area (Å²) in [6, 6.07) is 54.1. The van der Waals surface area contributed by atoms with Crippen molar-refractivity contribution in [2.24, 2.45) is 11.5 Å². The van der Waals surface area contributed by atoms with E-state index in [2.05, 4.69) is 269 Å². The van der Waals surface area contributed by atoms with Gasteiger partial charge >= 0.3 is 0 Å². The van der Waals surface area contributed by atoms with Crippen molar-refractivity contribution in [3.8, 4) is 0 Å². The quantitative estimate of drug-likeness (QED) is 0.0295. The van der Waals surface area contributed by atoms with E-state index >= 15 is 0 Å².